The molecule has 8 nitrogen and oxygen atoms in total. The van der Waals surface area contributed by atoms with Gasteiger partial charge in [0, 0.05) is 6.42 Å². The monoisotopic (exact) mass is 251 g/mol. The van der Waals surface area contributed by atoms with Gasteiger partial charge in [-0.15, -0.1) is 0 Å². The van der Waals surface area contributed by atoms with Crippen LogP contribution in [0, 0.1) is 0 Å². The SMILES string of the molecule is NOC1CC(n2cnc3cncnc32)OC1CO. The van der Waals surface area contributed by atoms with E-state index in [1.165, 1.54) is 6.33 Å². The van der Waals surface area contributed by atoms with Gasteiger partial charge in [-0.1, -0.05) is 0 Å². The van der Waals surface area contributed by atoms with E-state index in [4.69, 9.17) is 15.5 Å². The predicted octanol–water partition coefficient (Wildman–Crippen LogP) is -0.635. The molecule has 0 radical (unpaired) electrons. The summed E-state index contributed by atoms with van der Waals surface area (Å²) in [5.74, 6) is 5.19. The second-order valence-electron chi connectivity index (χ2n) is 4.11. The Kier molecular flexibility index (Phi) is 2.92. The van der Waals surface area contributed by atoms with Crippen LogP contribution in [0.2, 0.25) is 0 Å². The number of imidazole rings is 1. The highest BCUT2D eigenvalue weighted by Crippen LogP contribution is 2.31. The van der Waals surface area contributed by atoms with Crippen LogP contribution in [0.25, 0.3) is 11.2 Å². The molecule has 2 aromatic rings. The quantitative estimate of drug-likeness (QED) is 0.699. The maximum absolute atomic E-state index is 9.19. The Hall–Kier alpha value is -1.61. The minimum absolute atomic E-state index is 0.139. The van der Waals surface area contributed by atoms with Gasteiger partial charge in [0.2, 0.25) is 0 Å². The first kappa shape index (κ1) is 11.5. The van der Waals surface area contributed by atoms with Crippen molar-refractivity contribution in [2.24, 2.45) is 5.90 Å². The molecule has 18 heavy (non-hydrogen) atoms. The predicted molar refractivity (Wildman–Crippen MR) is 60.0 cm³/mol. The van der Waals surface area contributed by atoms with E-state index in [0.29, 0.717) is 17.6 Å². The second kappa shape index (κ2) is 4.58. The van der Waals surface area contributed by atoms with E-state index in [9.17, 15) is 5.11 Å². The van der Waals surface area contributed by atoms with E-state index in [1.807, 2.05) is 0 Å². The van der Waals surface area contributed by atoms with Gasteiger partial charge < -0.3 is 9.84 Å². The molecular formula is C10H13N5O3. The molecule has 96 valence electrons. The average molecular weight is 251 g/mol. The van der Waals surface area contributed by atoms with Crippen molar-refractivity contribution in [3.8, 4) is 0 Å². The summed E-state index contributed by atoms with van der Waals surface area (Å²) in [5.41, 5.74) is 1.38. The summed E-state index contributed by atoms with van der Waals surface area (Å²) in [5, 5.41) is 9.19. The Balaban J connectivity index is 1.92. The van der Waals surface area contributed by atoms with Gasteiger partial charge in [-0.2, -0.15) is 0 Å². The van der Waals surface area contributed by atoms with Crippen molar-refractivity contribution in [3.05, 3.63) is 18.9 Å². The van der Waals surface area contributed by atoms with Crippen molar-refractivity contribution in [2.75, 3.05) is 6.61 Å². The fourth-order valence-electron chi connectivity index (χ4n) is 2.17. The van der Waals surface area contributed by atoms with E-state index >= 15 is 0 Å². The van der Waals surface area contributed by atoms with Crippen LogP contribution in [0.15, 0.2) is 18.9 Å². The van der Waals surface area contributed by atoms with Gasteiger partial charge in [0.05, 0.1) is 19.1 Å². The fraction of sp³-hybridized carbons (Fsp3) is 0.500. The molecule has 0 bridgehead atoms. The van der Waals surface area contributed by atoms with Crippen LogP contribution in [-0.2, 0) is 9.57 Å². The highest BCUT2D eigenvalue weighted by Gasteiger charge is 2.37. The summed E-state index contributed by atoms with van der Waals surface area (Å²) < 4.78 is 7.46. The van der Waals surface area contributed by atoms with Crippen LogP contribution in [0.4, 0.5) is 0 Å². The van der Waals surface area contributed by atoms with Gasteiger partial charge in [-0.25, -0.2) is 20.8 Å². The van der Waals surface area contributed by atoms with Gasteiger partial charge >= 0.3 is 0 Å². The maximum Gasteiger partial charge on any atom is 0.165 e. The molecule has 3 rings (SSSR count). The number of aliphatic hydroxyl groups is 1. The van der Waals surface area contributed by atoms with Crippen LogP contribution >= 0.6 is 0 Å². The zero-order valence-corrected chi connectivity index (χ0v) is 9.51. The van der Waals surface area contributed by atoms with Gasteiger partial charge in [0.25, 0.3) is 0 Å². The minimum Gasteiger partial charge on any atom is -0.394 e. The molecule has 0 amide bonds. The fourth-order valence-corrected chi connectivity index (χ4v) is 2.17. The molecular weight excluding hydrogens is 238 g/mol. The van der Waals surface area contributed by atoms with E-state index in [-0.39, 0.29) is 18.9 Å². The lowest BCUT2D eigenvalue weighted by molar-refractivity contribution is -0.0612. The Morgan fingerprint density at radius 2 is 2.44 bits per heavy atom. The number of hydrogen-bond acceptors (Lipinski definition) is 7. The third-order valence-electron chi connectivity index (χ3n) is 3.08. The maximum atomic E-state index is 9.19. The molecule has 3 heterocycles. The lowest BCUT2D eigenvalue weighted by Gasteiger charge is -2.13. The number of aromatic nitrogens is 4. The van der Waals surface area contributed by atoms with E-state index in [1.54, 1.807) is 17.1 Å². The van der Waals surface area contributed by atoms with Crippen LogP contribution < -0.4 is 5.90 Å². The molecule has 3 N–H and O–H groups in total. The Morgan fingerprint density at radius 1 is 1.56 bits per heavy atom. The summed E-state index contributed by atoms with van der Waals surface area (Å²) in [6, 6.07) is 0. The molecule has 1 saturated heterocycles. The Morgan fingerprint density at radius 3 is 3.17 bits per heavy atom. The smallest absolute Gasteiger partial charge is 0.165 e. The molecule has 1 aliphatic heterocycles. The molecule has 0 saturated carbocycles. The Labute approximate surface area is 102 Å². The number of nitrogens with zero attached hydrogens (tertiary/aromatic N) is 4. The number of fused-ring (bicyclic) bond motifs is 1. The van der Waals surface area contributed by atoms with Crippen LogP contribution in [0.1, 0.15) is 12.6 Å². The average Bonchev–Trinajstić information content (AvgIpc) is 3.01. The highest BCUT2D eigenvalue weighted by atomic mass is 16.7. The number of hydrogen-bond donors (Lipinski definition) is 2. The Bertz CT molecular complexity index is 533. The lowest BCUT2D eigenvalue weighted by atomic mass is 10.2. The molecule has 0 spiro atoms. The van der Waals surface area contributed by atoms with Crippen molar-refractivity contribution in [1.29, 1.82) is 0 Å². The lowest BCUT2D eigenvalue weighted by Crippen LogP contribution is -2.29. The van der Waals surface area contributed by atoms with E-state index in [2.05, 4.69) is 15.0 Å². The number of aliphatic hydroxyl groups excluding tert-OH is 1. The summed E-state index contributed by atoms with van der Waals surface area (Å²) in [7, 11) is 0. The van der Waals surface area contributed by atoms with E-state index in [0.717, 1.165) is 0 Å². The summed E-state index contributed by atoms with van der Waals surface area (Å²) >= 11 is 0. The molecule has 3 atom stereocenters. The first-order valence-electron chi connectivity index (χ1n) is 5.58. The van der Waals surface area contributed by atoms with Crippen molar-refractivity contribution < 1.29 is 14.7 Å². The van der Waals surface area contributed by atoms with Gasteiger partial charge in [-0.3, -0.25) is 9.40 Å². The van der Waals surface area contributed by atoms with Crippen molar-refractivity contribution in [1.82, 2.24) is 19.5 Å². The van der Waals surface area contributed by atoms with Gasteiger partial charge in [0.15, 0.2) is 5.65 Å². The standard InChI is InChI=1S/C10H13N5O3/c11-18-7-1-9(17-8(7)3-16)15-5-14-6-2-12-4-13-10(6)15/h2,4-5,7-9,16H,1,3,11H2. The molecule has 2 aromatic heterocycles. The summed E-state index contributed by atoms with van der Waals surface area (Å²) in [6.45, 7) is -0.139. The minimum atomic E-state index is -0.431. The highest BCUT2D eigenvalue weighted by molar-refractivity contribution is 5.68. The zero-order valence-electron chi connectivity index (χ0n) is 9.51. The van der Waals surface area contributed by atoms with Crippen LogP contribution in [-0.4, -0.2) is 43.4 Å². The second-order valence-corrected chi connectivity index (χ2v) is 4.11. The van der Waals surface area contributed by atoms with Crippen LogP contribution in [0.3, 0.4) is 0 Å². The van der Waals surface area contributed by atoms with Crippen molar-refractivity contribution in [3.63, 3.8) is 0 Å². The third kappa shape index (κ3) is 1.75. The molecule has 0 aliphatic carbocycles. The summed E-state index contributed by atoms with van der Waals surface area (Å²) in [4.78, 5) is 17.1. The van der Waals surface area contributed by atoms with Crippen molar-refractivity contribution in [2.45, 2.75) is 24.9 Å². The van der Waals surface area contributed by atoms with Crippen molar-refractivity contribution >= 4 is 11.2 Å². The first-order chi connectivity index (χ1) is 8.83. The first-order valence-corrected chi connectivity index (χ1v) is 5.58. The number of rotatable bonds is 3. The zero-order chi connectivity index (χ0) is 12.5. The molecule has 0 aromatic carbocycles. The number of ether oxygens (including phenoxy) is 1. The summed E-state index contributed by atoms with van der Waals surface area (Å²) in [6.07, 6.45) is 4.20. The topological polar surface area (TPSA) is 108 Å². The largest absolute Gasteiger partial charge is 0.394 e. The van der Waals surface area contributed by atoms with Crippen LogP contribution in [0.5, 0.6) is 0 Å². The van der Waals surface area contributed by atoms with E-state index < -0.39 is 6.10 Å². The molecule has 1 aliphatic rings. The molecule has 1 fully saturated rings. The molecule has 8 heteroatoms. The van der Waals surface area contributed by atoms with Gasteiger partial charge in [-0.05, 0) is 0 Å². The molecule has 3 unspecified atom stereocenters. The normalized spacial score (nSPS) is 28.0. The van der Waals surface area contributed by atoms with Gasteiger partial charge in [0.1, 0.15) is 30.3 Å². The number of nitrogens with two attached hydrogens (primary N) is 1. The third-order valence-corrected chi connectivity index (χ3v) is 3.08.